The van der Waals surface area contributed by atoms with Gasteiger partial charge in [-0.3, -0.25) is 9.69 Å². The van der Waals surface area contributed by atoms with E-state index in [1.807, 2.05) is 0 Å². The molecular formula is C15H12FNO3. The van der Waals surface area contributed by atoms with Gasteiger partial charge in [0.25, 0.3) is 5.91 Å². The Labute approximate surface area is 115 Å². The number of nitrogens with zero attached hydrogens (tertiary/aromatic N) is 1. The van der Waals surface area contributed by atoms with E-state index in [1.54, 1.807) is 30.3 Å². The topological polar surface area (TPSA) is 49.8 Å². The molecule has 3 rings (SSSR count). The zero-order chi connectivity index (χ0) is 14.1. The maximum absolute atomic E-state index is 13.0. The minimum atomic E-state index is -1.03. The van der Waals surface area contributed by atoms with E-state index in [0.717, 1.165) is 0 Å². The molecule has 0 spiro atoms. The summed E-state index contributed by atoms with van der Waals surface area (Å²) in [4.78, 5) is 13.3. The van der Waals surface area contributed by atoms with Crippen molar-refractivity contribution in [1.82, 2.24) is 4.90 Å². The maximum atomic E-state index is 13.0. The van der Waals surface area contributed by atoms with Gasteiger partial charge in [-0.2, -0.15) is 0 Å². The summed E-state index contributed by atoms with van der Waals surface area (Å²) < 4.78 is 18.4. The van der Waals surface area contributed by atoms with Gasteiger partial charge >= 0.3 is 0 Å². The first-order chi connectivity index (χ1) is 9.66. The third-order valence-corrected chi connectivity index (χ3v) is 3.19. The van der Waals surface area contributed by atoms with Crippen molar-refractivity contribution in [1.29, 1.82) is 0 Å². The highest BCUT2D eigenvalue weighted by Gasteiger charge is 2.35. The molecule has 1 N–H and O–H groups in total. The Morgan fingerprint density at radius 3 is 2.75 bits per heavy atom. The fraction of sp³-hybridized carbons (Fsp3) is 0.133. The number of hydrogen-bond acceptors (Lipinski definition) is 3. The van der Waals surface area contributed by atoms with E-state index in [1.165, 1.54) is 23.1 Å². The van der Waals surface area contributed by atoms with Crippen molar-refractivity contribution >= 4 is 5.91 Å². The summed E-state index contributed by atoms with van der Waals surface area (Å²) in [5, 5.41) is 10.1. The first kappa shape index (κ1) is 12.6. The Morgan fingerprint density at radius 1 is 1.20 bits per heavy atom. The van der Waals surface area contributed by atoms with Crippen molar-refractivity contribution in [3.8, 4) is 5.75 Å². The van der Waals surface area contributed by atoms with Crippen LogP contribution in [-0.2, 0) is 0 Å². The molecule has 1 aliphatic rings. The number of carbonyl (C=O) groups excluding carboxylic acids is 1. The van der Waals surface area contributed by atoms with Crippen LogP contribution in [0.5, 0.6) is 5.75 Å². The summed E-state index contributed by atoms with van der Waals surface area (Å²) in [5.41, 5.74) is 1.02. The van der Waals surface area contributed by atoms with Crippen LogP contribution in [0.4, 0.5) is 4.39 Å². The molecule has 20 heavy (non-hydrogen) atoms. The van der Waals surface area contributed by atoms with Crippen LogP contribution in [-0.4, -0.2) is 22.6 Å². The van der Waals surface area contributed by atoms with E-state index in [2.05, 4.69) is 0 Å². The average Bonchev–Trinajstić information content (AvgIpc) is 2.70. The molecule has 2 aromatic rings. The predicted octanol–water partition coefficient (Wildman–Crippen LogP) is 2.31. The number of amides is 1. The molecule has 0 saturated heterocycles. The standard InChI is InChI=1S/C15H12FNO3/c16-10-4-3-5-11(8-10)20-9-17-14(18)12-6-1-2-7-13(12)15(17)19/h1-8,14,18H,9H2/t14-/m1/s1. The van der Waals surface area contributed by atoms with Crippen LogP contribution in [0.2, 0.25) is 0 Å². The number of aliphatic hydroxyl groups excluding tert-OH is 1. The van der Waals surface area contributed by atoms with Gasteiger partial charge < -0.3 is 9.84 Å². The molecule has 5 heteroatoms. The molecule has 0 radical (unpaired) electrons. The summed E-state index contributed by atoms with van der Waals surface area (Å²) >= 11 is 0. The van der Waals surface area contributed by atoms with Crippen LogP contribution in [0, 0.1) is 5.82 Å². The van der Waals surface area contributed by atoms with Crippen molar-refractivity contribution < 1.29 is 19.0 Å². The SMILES string of the molecule is O=C1c2ccccc2[C@@H](O)N1COc1cccc(F)c1. The number of hydrogen-bond donors (Lipinski definition) is 1. The first-order valence-corrected chi connectivity index (χ1v) is 6.13. The molecule has 1 heterocycles. The Morgan fingerprint density at radius 2 is 2.00 bits per heavy atom. The van der Waals surface area contributed by atoms with E-state index in [0.29, 0.717) is 16.9 Å². The molecule has 0 unspecified atom stereocenters. The second kappa shape index (κ2) is 4.94. The van der Waals surface area contributed by atoms with Gasteiger partial charge in [0.1, 0.15) is 11.6 Å². The highest BCUT2D eigenvalue weighted by molar-refractivity contribution is 5.98. The number of aliphatic hydroxyl groups is 1. The Kier molecular flexibility index (Phi) is 3.12. The molecule has 0 aromatic heterocycles. The zero-order valence-electron chi connectivity index (χ0n) is 10.5. The van der Waals surface area contributed by atoms with E-state index >= 15 is 0 Å². The summed E-state index contributed by atoms with van der Waals surface area (Å²) in [6.45, 7) is -0.141. The van der Waals surface area contributed by atoms with Gasteiger partial charge in [-0.25, -0.2) is 4.39 Å². The molecule has 0 bridgehead atoms. The van der Waals surface area contributed by atoms with Crippen LogP contribution in [0.15, 0.2) is 48.5 Å². The molecule has 4 nitrogen and oxygen atoms in total. The van der Waals surface area contributed by atoms with Gasteiger partial charge in [-0.05, 0) is 18.2 Å². The molecule has 1 aliphatic heterocycles. The van der Waals surface area contributed by atoms with Crippen LogP contribution in [0.25, 0.3) is 0 Å². The van der Waals surface area contributed by atoms with Gasteiger partial charge in [-0.1, -0.05) is 24.3 Å². The van der Waals surface area contributed by atoms with Gasteiger partial charge in [0.15, 0.2) is 13.0 Å². The summed E-state index contributed by atoms with van der Waals surface area (Å²) in [6.07, 6.45) is -1.03. The molecule has 0 aliphatic carbocycles. The monoisotopic (exact) mass is 273 g/mol. The number of benzene rings is 2. The first-order valence-electron chi connectivity index (χ1n) is 6.13. The predicted molar refractivity (Wildman–Crippen MR) is 69.5 cm³/mol. The lowest BCUT2D eigenvalue weighted by atomic mass is 10.1. The van der Waals surface area contributed by atoms with Crippen molar-refractivity contribution in [3.63, 3.8) is 0 Å². The van der Waals surface area contributed by atoms with E-state index < -0.39 is 12.0 Å². The number of carbonyl (C=O) groups is 1. The fourth-order valence-electron chi connectivity index (χ4n) is 2.18. The normalized spacial score (nSPS) is 17.2. The third-order valence-electron chi connectivity index (χ3n) is 3.19. The molecule has 102 valence electrons. The quantitative estimate of drug-likeness (QED) is 0.933. The number of ether oxygens (including phenoxy) is 1. The fourth-order valence-corrected chi connectivity index (χ4v) is 2.18. The highest BCUT2D eigenvalue weighted by atomic mass is 19.1. The lowest BCUT2D eigenvalue weighted by molar-refractivity contribution is -0.0141. The molecule has 0 saturated carbocycles. The molecule has 1 amide bonds. The van der Waals surface area contributed by atoms with Gasteiger partial charge in [0.05, 0.1) is 0 Å². The van der Waals surface area contributed by atoms with Crippen molar-refractivity contribution in [2.75, 3.05) is 6.73 Å². The third kappa shape index (κ3) is 2.12. The smallest absolute Gasteiger partial charge is 0.259 e. The Hall–Kier alpha value is -2.40. The van der Waals surface area contributed by atoms with Crippen LogP contribution < -0.4 is 4.74 Å². The highest BCUT2D eigenvalue weighted by Crippen LogP contribution is 2.31. The van der Waals surface area contributed by atoms with Crippen molar-refractivity contribution in [2.45, 2.75) is 6.23 Å². The van der Waals surface area contributed by atoms with Gasteiger partial charge in [-0.15, -0.1) is 0 Å². The second-order valence-corrected chi connectivity index (χ2v) is 4.47. The molecule has 0 fully saturated rings. The van der Waals surface area contributed by atoms with Crippen molar-refractivity contribution in [2.24, 2.45) is 0 Å². The maximum Gasteiger partial charge on any atom is 0.259 e. The largest absolute Gasteiger partial charge is 0.473 e. The number of rotatable bonds is 3. The minimum Gasteiger partial charge on any atom is -0.473 e. The van der Waals surface area contributed by atoms with Crippen LogP contribution in [0.3, 0.4) is 0 Å². The van der Waals surface area contributed by atoms with Crippen LogP contribution in [0.1, 0.15) is 22.1 Å². The average molecular weight is 273 g/mol. The zero-order valence-corrected chi connectivity index (χ0v) is 10.5. The lowest BCUT2D eigenvalue weighted by Gasteiger charge is -2.21. The van der Waals surface area contributed by atoms with E-state index in [-0.39, 0.29) is 12.6 Å². The number of fused-ring (bicyclic) bond motifs is 1. The van der Waals surface area contributed by atoms with Gasteiger partial charge in [0, 0.05) is 17.2 Å². The summed E-state index contributed by atoms with van der Waals surface area (Å²) in [6, 6.07) is 12.5. The Bertz CT molecular complexity index is 659. The molecular weight excluding hydrogens is 261 g/mol. The minimum absolute atomic E-state index is 0.141. The van der Waals surface area contributed by atoms with Crippen molar-refractivity contribution in [3.05, 3.63) is 65.5 Å². The summed E-state index contributed by atoms with van der Waals surface area (Å²) in [7, 11) is 0. The summed E-state index contributed by atoms with van der Waals surface area (Å²) in [5.74, 6) is -0.412. The van der Waals surface area contributed by atoms with Crippen LogP contribution >= 0.6 is 0 Å². The van der Waals surface area contributed by atoms with E-state index in [9.17, 15) is 14.3 Å². The Balaban J connectivity index is 1.75. The van der Waals surface area contributed by atoms with E-state index in [4.69, 9.17) is 4.74 Å². The number of halogens is 1. The molecule has 2 aromatic carbocycles. The van der Waals surface area contributed by atoms with Gasteiger partial charge in [0.2, 0.25) is 0 Å². The lowest BCUT2D eigenvalue weighted by Crippen LogP contribution is -2.31. The second-order valence-electron chi connectivity index (χ2n) is 4.47. The molecule has 1 atom stereocenters.